The van der Waals surface area contributed by atoms with E-state index < -0.39 is 0 Å². The molecule has 0 atom stereocenters. The first-order valence-corrected chi connectivity index (χ1v) is 20.9. The first-order valence-electron chi connectivity index (χ1n) is 20.1. The second-order valence-corrected chi connectivity index (χ2v) is 16.3. The summed E-state index contributed by atoms with van der Waals surface area (Å²) >= 11 is 1.82. The van der Waals surface area contributed by atoms with Gasteiger partial charge in [-0.15, -0.1) is 11.3 Å². The molecule has 0 aliphatic rings. The van der Waals surface area contributed by atoms with Gasteiger partial charge in [0.25, 0.3) is 0 Å². The van der Waals surface area contributed by atoms with E-state index in [2.05, 4.69) is 217 Å². The van der Waals surface area contributed by atoms with Crippen LogP contribution in [-0.2, 0) is 0 Å². The molecule has 59 heavy (non-hydrogen) atoms. The van der Waals surface area contributed by atoms with Gasteiger partial charge >= 0.3 is 0 Å². The second-order valence-electron chi connectivity index (χ2n) is 15.3. The predicted molar refractivity (Wildman–Crippen MR) is 253 cm³/mol. The van der Waals surface area contributed by atoms with Gasteiger partial charge in [-0.3, -0.25) is 0 Å². The van der Waals surface area contributed by atoms with Gasteiger partial charge < -0.3 is 9.32 Å². The van der Waals surface area contributed by atoms with Gasteiger partial charge in [0.1, 0.15) is 11.2 Å². The maximum atomic E-state index is 6.91. The van der Waals surface area contributed by atoms with Crippen LogP contribution in [0.2, 0.25) is 0 Å². The number of furan rings is 1. The van der Waals surface area contributed by atoms with Crippen molar-refractivity contribution in [2.24, 2.45) is 0 Å². The van der Waals surface area contributed by atoms with Crippen molar-refractivity contribution in [3.8, 4) is 33.4 Å². The Morgan fingerprint density at radius 1 is 0.322 bits per heavy atom. The molecule has 2 heterocycles. The first-order chi connectivity index (χ1) is 29.2. The summed E-state index contributed by atoms with van der Waals surface area (Å²) in [5.41, 5.74) is 12.2. The average Bonchev–Trinajstić information content (AvgIpc) is 3.88. The standard InChI is InChI=1S/C56H35NOS/c1-2-10-36(11-3-1)37-22-27-43(28-23-37)57(44-29-25-40(26-30-44)47-16-8-13-39-12-4-5-14-46(39)47)45-31-24-38-20-21-41(34-42(38)35-45)48-17-9-18-49-50-32-33-53-54(56(50)58-55(48)49)51-15-6-7-19-52(51)59-53/h1-35H. The van der Waals surface area contributed by atoms with Crippen LogP contribution in [-0.4, -0.2) is 0 Å². The highest BCUT2D eigenvalue weighted by Gasteiger charge is 2.19. The van der Waals surface area contributed by atoms with Gasteiger partial charge in [0.2, 0.25) is 0 Å². The van der Waals surface area contributed by atoms with E-state index in [0.717, 1.165) is 55.5 Å². The Labute approximate surface area is 345 Å². The van der Waals surface area contributed by atoms with Crippen molar-refractivity contribution < 1.29 is 4.42 Å². The highest BCUT2D eigenvalue weighted by molar-refractivity contribution is 7.26. The largest absolute Gasteiger partial charge is 0.455 e. The number of nitrogens with zero attached hydrogens (tertiary/aromatic N) is 1. The molecule has 0 N–H and O–H groups in total. The lowest BCUT2D eigenvalue weighted by atomic mass is 9.97. The first kappa shape index (κ1) is 33.7. The zero-order valence-corrected chi connectivity index (χ0v) is 32.8. The molecule has 0 spiro atoms. The number of hydrogen-bond acceptors (Lipinski definition) is 3. The molecule has 0 aliphatic heterocycles. The molecule has 0 amide bonds. The predicted octanol–water partition coefficient (Wildman–Crippen LogP) is 16.7. The molecule has 10 aromatic carbocycles. The van der Waals surface area contributed by atoms with Gasteiger partial charge in [-0.2, -0.15) is 0 Å². The van der Waals surface area contributed by atoms with Gasteiger partial charge in [0, 0.05) is 53.6 Å². The third-order valence-corrected chi connectivity index (χ3v) is 13.0. The molecule has 0 aliphatic carbocycles. The minimum Gasteiger partial charge on any atom is -0.455 e. The van der Waals surface area contributed by atoms with Gasteiger partial charge in [0.15, 0.2) is 0 Å². The number of rotatable bonds is 6. The van der Waals surface area contributed by atoms with Crippen LogP contribution in [0.4, 0.5) is 17.1 Å². The van der Waals surface area contributed by atoms with E-state index >= 15 is 0 Å². The molecular formula is C56H35NOS. The zero-order valence-electron chi connectivity index (χ0n) is 32.0. The smallest absolute Gasteiger partial charge is 0.144 e. The van der Waals surface area contributed by atoms with E-state index in [1.165, 1.54) is 58.6 Å². The van der Waals surface area contributed by atoms with E-state index in [4.69, 9.17) is 4.42 Å². The van der Waals surface area contributed by atoms with Crippen molar-refractivity contribution in [1.29, 1.82) is 0 Å². The van der Waals surface area contributed by atoms with Crippen LogP contribution in [0, 0.1) is 0 Å². The number of fused-ring (bicyclic) bond motifs is 9. The Kier molecular flexibility index (Phi) is 7.75. The lowest BCUT2D eigenvalue weighted by Crippen LogP contribution is -2.09. The van der Waals surface area contributed by atoms with Crippen LogP contribution in [0.25, 0.3) is 97.0 Å². The van der Waals surface area contributed by atoms with E-state index in [9.17, 15) is 0 Å². The summed E-state index contributed by atoms with van der Waals surface area (Å²) in [7, 11) is 0. The summed E-state index contributed by atoms with van der Waals surface area (Å²) < 4.78 is 9.44. The molecule has 12 aromatic rings. The van der Waals surface area contributed by atoms with Crippen LogP contribution in [0.15, 0.2) is 217 Å². The summed E-state index contributed by atoms with van der Waals surface area (Å²) in [6.07, 6.45) is 0. The number of thiophene rings is 1. The van der Waals surface area contributed by atoms with E-state index in [1.54, 1.807) is 0 Å². The van der Waals surface area contributed by atoms with Gasteiger partial charge in [-0.1, -0.05) is 152 Å². The summed E-state index contributed by atoms with van der Waals surface area (Å²) in [6.45, 7) is 0. The van der Waals surface area contributed by atoms with Crippen LogP contribution >= 0.6 is 11.3 Å². The highest BCUT2D eigenvalue weighted by Crippen LogP contribution is 2.45. The molecule has 3 heteroatoms. The molecule has 0 fully saturated rings. The fraction of sp³-hybridized carbons (Fsp3) is 0. The Morgan fingerprint density at radius 3 is 1.78 bits per heavy atom. The minimum absolute atomic E-state index is 0.923. The topological polar surface area (TPSA) is 16.4 Å². The monoisotopic (exact) mass is 769 g/mol. The summed E-state index contributed by atoms with van der Waals surface area (Å²) in [5, 5.41) is 9.60. The Morgan fingerprint density at radius 2 is 0.932 bits per heavy atom. The quantitative estimate of drug-likeness (QED) is 0.167. The van der Waals surface area contributed by atoms with Crippen molar-refractivity contribution in [2.75, 3.05) is 4.90 Å². The normalized spacial score (nSPS) is 11.7. The van der Waals surface area contributed by atoms with Gasteiger partial charge in [0.05, 0.1) is 0 Å². The molecule has 2 aromatic heterocycles. The second kappa shape index (κ2) is 13.6. The van der Waals surface area contributed by atoms with E-state index in [0.29, 0.717) is 0 Å². The molecule has 276 valence electrons. The third kappa shape index (κ3) is 5.62. The molecule has 0 saturated heterocycles. The summed E-state index contributed by atoms with van der Waals surface area (Å²) in [6, 6.07) is 76.9. The van der Waals surface area contributed by atoms with Crippen molar-refractivity contribution >= 4 is 92.1 Å². The lowest BCUT2D eigenvalue weighted by molar-refractivity contribution is 0.674. The average molecular weight is 770 g/mol. The lowest BCUT2D eigenvalue weighted by Gasteiger charge is -2.26. The Hall–Kier alpha value is -7.46. The summed E-state index contributed by atoms with van der Waals surface area (Å²) in [4.78, 5) is 2.37. The molecular weight excluding hydrogens is 735 g/mol. The molecule has 12 rings (SSSR count). The van der Waals surface area contributed by atoms with Crippen LogP contribution < -0.4 is 4.90 Å². The van der Waals surface area contributed by atoms with Crippen LogP contribution in [0.3, 0.4) is 0 Å². The highest BCUT2D eigenvalue weighted by atomic mass is 32.1. The zero-order chi connectivity index (χ0) is 38.9. The number of hydrogen-bond donors (Lipinski definition) is 0. The van der Waals surface area contributed by atoms with Crippen LogP contribution in [0.5, 0.6) is 0 Å². The maximum absolute atomic E-state index is 6.91. The number of benzene rings is 10. The Balaban J connectivity index is 0.982. The molecule has 0 unspecified atom stereocenters. The van der Waals surface area contributed by atoms with Crippen LogP contribution in [0.1, 0.15) is 0 Å². The van der Waals surface area contributed by atoms with Crippen molar-refractivity contribution in [3.63, 3.8) is 0 Å². The van der Waals surface area contributed by atoms with E-state index in [-0.39, 0.29) is 0 Å². The van der Waals surface area contributed by atoms with Crippen molar-refractivity contribution in [3.05, 3.63) is 212 Å². The van der Waals surface area contributed by atoms with Gasteiger partial charge in [-0.05, 0) is 110 Å². The SMILES string of the molecule is c1ccc(-c2ccc(N(c3ccc(-c4cccc5ccccc45)cc3)c3ccc4ccc(-c5cccc6c5oc5c6ccc6sc7ccccc7c65)cc4c3)cc2)cc1. The Bertz CT molecular complexity index is 3540. The molecule has 0 radical (unpaired) electrons. The fourth-order valence-corrected chi connectivity index (χ4v) is 10.1. The van der Waals surface area contributed by atoms with E-state index in [1.807, 2.05) is 11.3 Å². The third-order valence-electron chi connectivity index (χ3n) is 11.9. The molecule has 2 nitrogen and oxygen atoms in total. The summed E-state index contributed by atoms with van der Waals surface area (Å²) in [5.74, 6) is 0. The molecule has 0 bridgehead atoms. The van der Waals surface area contributed by atoms with Crippen molar-refractivity contribution in [2.45, 2.75) is 0 Å². The minimum atomic E-state index is 0.923. The number of anilines is 3. The molecule has 0 saturated carbocycles. The number of para-hydroxylation sites is 1. The fourth-order valence-electron chi connectivity index (χ4n) is 8.98. The van der Waals surface area contributed by atoms with Crippen molar-refractivity contribution in [1.82, 2.24) is 0 Å². The van der Waals surface area contributed by atoms with Gasteiger partial charge in [-0.25, -0.2) is 0 Å². The maximum Gasteiger partial charge on any atom is 0.144 e.